The van der Waals surface area contributed by atoms with E-state index in [1.165, 1.54) is 6.33 Å². The first-order valence-corrected chi connectivity index (χ1v) is 12.0. The minimum atomic E-state index is -1.25. The van der Waals surface area contributed by atoms with Crippen molar-refractivity contribution in [3.8, 4) is 0 Å². The molecular formula is C20H22ClN11O5. The molecule has 2 saturated heterocycles. The number of imidazole rings is 2. The first-order valence-electron chi connectivity index (χ1n) is 11.6. The van der Waals surface area contributed by atoms with Crippen LogP contribution in [0, 0.1) is 0 Å². The second-order valence-electron chi connectivity index (χ2n) is 8.95. The maximum absolute atomic E-state index is 10.9. The van der Waals surface area contributed by atoms with Gasteiger partial charge in [-0.25, -0.2) is 9.97 Å². The highest BCUT2D eigenvalue weighted by atomic mass is 35.5. The minimum absolute atomic E-state index is 0.00282. The lowest BCUT2D eigenvalue weighted by atomic mass is 10.3. The molecule has 3 fully saturated rings. The van der Waals surface area contributed by atoms with Crippen LogP contribution in [0.1, 0.15) is 25.3 Å². The number of fused-ring (bicyclic) bond motifs is 2. The predicted octanol–water partition coefficient (Wildman–Crippen LogP) is 0.162. The number of nitrogens with one attached hydrogen (secondary N) is 1. The summed E-state index contributed by atoms with van der Waals surface area (Å²) in [5, 5.41) is 14.4. The van der Waals surface area contributed by atoms with E-state index in [2.05, 4.69) is 35.2 Å². The monoisotopic (exact) mass is 531 g/mol. The number of aliphatic hydroxyl groups is 1. The van der Waals surface area contributed by atoms with Crippen LogP contribution in [0.5, 0.6) is 0 Å². The number of nitrogen functional groups attached to an aromatic ring is 2. The van der Waals surface area contributed by atoms with Gasteiger partial charge in [0.05, 0.1) is 25.9 Å². The van der Waals surface area contributed by atoms with Crippen LogP contribution in [-0.4, -0.2) is 82.1 Å². The standard InChI is InChI=1S/C20H22ClN11O5/c21-13-10-15(29-19(22)27-13)31(5-24-10)8-3-34-17(36-8)12(33)18-35-4-9(37-18)32-6-25-11-14(26-7-1-2-7)28-20(23)30-16(11)32/h5-9,12,17-18,33H,1-4H2,(H2,22,27,29)(H3,23,26,28,30)/t8-,9-,12?,17-,18-/m1/s1. The quantitative estimate of drug-likeness (QED) is 0.244. The van der Waals surface area contributed by atoms with Gasteiger partial charge in [-0.3, -0.25) is 9.13 Å². The molecule has 3 aliphatic rings. The number of aromatic nitrogens is 8. The number of aliphatic hydroxyl groups excluding tert-OH is 1. The molecule has 0 radical (unpaired) electrons. The van der Waals surface area contributed by atoms with E-state index in [-0.39, 0.29) is 30.3 Å². The number of rotatable bonds is 6. The highest BCUT2D eigenvalue weighted by Gasteiger charge is 2.43. The topological polar surface area (TPSA) is 208 Å². The smallest absolute Gasteiger partial charge is 0.224 e. The lowest BCUT2D eigenvalue weighted by Gasteiger charge is -2.22. The molecule has 0 aromatic carbocycles. The number of anilines is 3. The van der Waals surface area contributed by atoms with Crippen molar-refractivity contribution >= 4 is 51.6 Å². The summed E-state index contributed by atoms with van der Waals surface area (Å²) < 4.78 is 26.6. The Hall–Kier alpha value is -3.41. The fourth-order valence-corrected chi connectivity index (χ4v) is 4.59. The van der Waals surface area contributed by atoms with E-state index in [9.17, 15) is 5.11 Å². The molecule has 7 rings (SSSR count). The molecule has 0 bridgehead atoms. The van der Waals surface area contributed by atoms with Gasteiger partial charge in [-0.15, -0.1) is 0 Å². The lowest BCUT2D eigenvalue weighted by Crippen LogP contribution is -2.39. The van der Waals surface area contributed by atoms with Crippen molar-refractivity contribution in [1.82, 2.24) is 39.0 Å². The Balaban J connectivity index is 1.06. The molecule has 1 unspecified atom stereocenters. The van der Waals surface area contributed by atoms with E-state index in [1.54, 1.807) is 15.5 Å². The van der Waals surface area contributed by atoms with Crippen molar-refractivity contribution in [3.63, 3.8) is 0 Å². The summed E-state index contributed by atoms with van der Waals surface area (Å²) in [6.07, 6.45) is 0.667. The van der Waals surface area contributed by atoms with Gasteiger partial charge in [-0.2, -0.15) is 19.9 Å². The van der Waals surface area contributed by atoms with Crippen LogP contribution >= 0.6 is 11.6 Å². The average Bonchev–Trinajstić information content (AvgIpc) is 3.31. The zero-order chi connectivity index (χ0) is 25.3. The third kappa shape index (κ3) is 3.97. The van der Waals surface area contributed by atoms with Gasteiger partial charge in [0.15, 0.2) is 58.9 Å². The SMILES string of the molecule is Nc1nc(Cl)c2ncn([C@H]3CO[C@@H](C(O)[C@@H]4OC[C@H](n5cnc6c(NC7CC7)nc(N)nc65)O4)O3)c2n1. The van der Waals surface area contributed by atoms with E-state index in [0.717, 1.165) is 12.8 Å². The Morgan fingerprint density at radius 1 is 0.892 bits per heavy atom. The second-order valence-corrected chi connectivity index (χ2v) is 9.30. The summed E-state index contributed by atoms with van der Waals surface area (Å²) in [6, 6.07) is 0.366. The molecule has 2 aliphatic heterocycles. The van der Waals surface area contributed by atoms with Gasteiger partial charge in [0.1, 0.15) is 5.52 Å². The summed E-state index contributed by atoms with van der Waals surface area (Å²) in [7, 11) is 0. The molecule has 6 N–H and O–H groups in total. The fourth-order valence-electron chi connectivity index (χ4n) is 4.37. The number of halogens is 1. The lowest BCUT2D eigenvalue weighted by molar-refractivity contribution is -0.222. The van der Waals surface area contributed by atoms with Crippen LogP contribution in [0.25, 0.3) is 22.3 Å². The average molecular weight is 532 g/mol. The van der Waals surface area contributed by atoms with Gasteiger partial charge in [-0.05, 0) is 12.8 Å². The zero-order valence-corrected chi connectivity index (χ0v) is 19.9. The number of ether oxygens (including phenoxy) is 4. The number of hydrogen-bond acceptors (Lipinski definition) is 14. The van der Waals surface area contributed by atoms with E-state index in [4.69, 9.17) is 42.0 Å². The molecule has 1 saturated carbocycles. The fraction of sp³-hybridized carbons (Fsp3) is 0.500. The number of nitrogens with two attached hydrogens (primary N) is 2. The first kappa shape index (κ1) is 22.8. The van der Waals surface area contributed by atoms with Gasteiger partial charge < -0.3 is 40.8 Å². The van der Waals surface area contributed by atoms with Crippen molar-refractivity contribution < 1.29 is 24.1 Å². The first-order chi connectivity index (χ1) is 17.9. The van der Waals surface area contributed by atoms with Gasteiger partial charge in [0.25, 0.3) is 0 Å². The Morgan fingerprint density at radius 2 is 1.46 bits per heavy atom. The predicted molar refractivity (Wildman–Crippen MR) is 127 cm³/mol. The van der Waals surface area contributed by atoms with Gasteiger partial charge >= 0.3 is 0 Å². The van der Waals surface area contributed by atoms with Crippen molar-refractivity contribution in [2.45, 2.75) is 50.0 Å². The van der Waals surface area contributed by atoms with Crippen LogP contribution in [0.3, 0.4) is 0 Å². The number of nitrogens with zero attached hydrogens (tertiary/aromatic N) is 8. The van der Waals surface area contributed by atoms with Crippen LogP contribution in [0.4, 0.5) is 17.7 Å². The molecule has 194 valence electrons. The van der Waals surface area contributed by atoms with Crippen molar-refractivity contribution in [2.24, 2.45) is 0 Å². The Kier molecular flexibility index (Phi) is 5.27. The molecule has 5 atom stereocenters. The molecule has 16 nitrogen and oxygen atoms in total. The summed E-state index contributed by atoms with van der Waals surface area (Å²) in [6.45, 7) is 0.253. The Bertz CT molecular complexity index is 1490. The van der Waals surface area contributed by atoms with E-state index >= 15 is 0 Å². The van der Waals surface area contributed by atoms with E-state index < -0.39 is 31.1 Å². The third-order valence-electron chi connectivity index (χ3n) is 6.32. The molecule has 37 heavy (non-hydrogen) atoms. The Morgan fingerprint density at radius 3 is 2.08 bits per heavy atom. The molecule has 6 heterocycles. The maximum Gasteiger partial charge on any atom is 0.224 e. The molecule has 4 aromatic rings. The minimum Gasteiger partial charge on any atom is -0.382 e. The van der Waals surface area contributed by atoms with E-state index in [1.807, 2.05) is 0 Å². The molecule has 17 heteroatoms. The summed E-state index contributed by atoms with van der Waals surface area (Å²) in [5.74, 6) is 0.702. The largest absolute Gasteiger partial charge is 0.382 e. The summed E-state index contributed by atoms with van der Waals surface area (Å²) in [5.41, 5.74) is 13.5. The van der Waals surface area contributed by atoms with Gasteiger partial charge in [-0.1, -0.05) is 11.6 Å². The summed E-state index contributed by atoms with van der Waals surface area (Å²) in [4.78, 5) is 25.4. The summed E-state index contributed by atoms with van der Waals surface area (Å²) >= 11 is 6.11. The molecular weight excluding hydrogens is 510 g/mol. The van der Waals surface area contributed by atoms with Crippen LogP contribution in [0.2, 0.25) is 5.15 Å². The van der Waals surface area contributed by atoms with Gasteiger partial charge in [0.2, 0.25) is 11.9 Å². The van der Waals surface area contributed by atoms with Crippen molar-refractivity contribution in [2.75, 3.05) is 30.0 Å². The molecule has 0 amide bonds. The maximum atomic E-state index is 10.9. The highest BCUT2D eigenvalue weighted by Crippen LogP contribution is 2.34. The molecule has 1 aliphatic carbocycles. The van der Waals surface area contributed by atoms with Crippen molar-refractivity contribution in [1.29, 1.82) is 0 Å². The number of hydrogen-bond donors (Lipinski definition) is 4. The van der Waals surface area contributed by atoms with Crippen LogP contribution in [0.15, 0.2) is 12.7 Å². The van der Waals surface area contributed by atoms with Crippen LogP contribution < -0.4 is 16.8 Å². The van der Waals surface area contributed by atoms with Gasteiger partial charge in [0, 0.05) is 6.04 Å². The highest BCUT2D eigenvalue weighted by molar-refractivity contribution is 6.33. The van der Waals surface area contributed by atoms with E-state index in [0.29, 0.717) is 34.2 Å². The Labute approximate surface area is 212 Å². The zero-order valence-electron chi connectivity index (χ0n) is 19.1. The van der Waals surface area contributed by atoms with Crippen molar-refractivity contribution in [3.05, 3.63) is 17.8 Å². The molecule has 4 aromatic heterocycles. The second kappa shape index (κ2) is 8.57. The normalized spacial score (nSPS) is 26.9. The molecule has 0 spiro atoms. The third-order valence-corrected chi connectivity index (χ3v) is 6.58. The van der Waals surface area contributed by atoms with Crippen LogP contribution in [-0.2, 0) is 18.9 Å².